The molecule has 0 fully saturated rings. The summed E-state index contributed by atoms with van der Waals surface area (Å²) in [6.45, 7) is 1.90. The number of hydrogen-bond donors (Lipinski definition) is 1. The second-order valence-electron chi connectivity index (χ2n) is 3.39. The Bertz CT molecular complexity index is 505. The second-order valence-corrected chi connectivity index (χ2v) is 4.58. The van der Waals surface area contributed by atoms with Gasteiger partial charge in [0, 0.05) is 5.56 Å². The Morgan fingerprint density at radius 3 is 2.50 bits per heavy atom. The first-order valence-electron chi connectivity index (χ1n) is 4.76. The van der Waals surface area contributed by atoms with Gasteiger partial charge in [-0.05, 0) is 12.5 Å². The first kappa shape index (κ1) is 10.8. The summed E-state index contributed by atoms with van der Waals surface area (Å²) < 4.78 is 0. The van der Waals surface area contributed by atoms with Gasteiger partial charge < -0.3 is 5.11 Å². The van der Waals surface area contributed by atoms with Gasteiger partial charge >= 0.3 is 5.97 Å². The van der Waals surface area contributed by atoms with Crippen LogP contribution in [0.4, 0.5) is 0 Å². The summed E-state index contributed by atoms with van der Waals surface area (Å²) in [5, 5.41) is 18.4. The summed E-state index contributed by atoms with van der Waals surface area (Å²) in [6.07, 6.45) is 0.0510. The molecule has 16 heavy (non-hydrogen) atoms. The van der Waals surface area contributed by atoms with Gasteiger partial charge in [0.25, 0.3) is 0 Å². The molecule has 1 N–H and O–H groups in total. The molecule has 0 saturated heterocycles. The summed E-state index contributed by atoms with van der Waals surface area (Å²) in [7, 11) is 0. The molecule has 2 aromatic rings. The van der Waals surface area contributed by atoms with Gasteiger partial charge in [-0.15, -0.1) is 10.2 Å². The normalized spacial score (nSPS) is 10.3. The molecule has 1 heterocycles. The maximum Gasteiger partial charge on any atom is 0.307 e. The Morgan fingerprint density at radius 1 is 1.31 bits per heavy atom. The van der Waals surface area contributed by atoms with Crippen molar-refractivity contribution < 1.29 is 9.90 Å². The minimum Gasteiger partial charge on any atom is -0.481 e. The molecule has 0 radical (unpaired) electrons. The molecule has 1 aromatic heterocycles. The molecular weight excluding hydrogens is 224 g/mol. The third-order valence-corrected chi connectivity index (χ3v) is 2.97. The second kappa shape index (κ2) is 4.40. The maximum absolute atomic E-state index is 10.5. The summed E-state index contributed by atoms with van der Waals surface area (Å²) >= 11 is 1.52. The van der Waals surface area contributed by atoms with Crippen molar-refractivity contribution in [3.05, 3.63) is 34.8 Å². The molecule has 0 saturated carbocycles. The lowest BCUT2D eigenvalue weighted by atomic mass is 10.1. The van der Waals surface area contributed by atoms with Gasteiger partial charge in [-0.3, -0.25) is 4.79 Å². The van der Waals surface area contributed by atoms with Crippen LogP contribution in [-0.2, 0) is 11.2 Å². The summed E-state index contributed by atoms with van der Waals surface area (Å²) in [5.41, 5.74) is 1.76. The Labute approximate surface area is 96.6 Å². The number of aryl methyl sites for hydroxylation is 1. The van der Waals surface area contributed by atoms with E-state index in [2.05, 4.69) is 10.2 Å². The van der Waals surface area contributed by atoms with Crippen LogP contribution < -0.4 is 0 Å². The first-order valence-corrected chi connectivity index (χ1v) is 5.58. The van der Waals surface area contributed by atoms with Crippen molar-refractivity contribution in [2.45, 2.75) is 13.3 Å². The molecule has 0 bridgehead atoms. The van der Waals surface area contributed by atoms with Crippen molar-refractivity contribution in [2.75, 3.05) is 0 Å². The number of carboxylic acid groups (broad SMARTS) is 1. The Morgan fingerprint density at radius 2 is 2.00 bits per heavy atom. The van der Waals surface area contributed by atoms with E-state index in [1.54, 1.807) is 12.1 Å². The minimum absolute atomic E-state index is 0.0510. The van der Waals surface area contributed by atoms with Crippen LogP contribution in [0.3, 0.4) is 0 Å². The molecule has 2 rings (SSSR count). The predicted molar refractivity (Wildman–Crippen MR) is 61.4 cm³/mol. The molecule has 0 atom stereocenters. The smallest absolute Gasteiger partial charge is 0.307 e. The number of rotatable bonds is 3. The zero-order valence-corrected chi connectivity index (χ0v) is 9.49. The van der Waals surface area contributed by atoms with Crippen molar-refractivity contribution in [3.63, 3.8) is 0 Å². The van der Waals surface area contributed by atoms with E-state index in [0.29, 0.717) is 0 Å². The maximum atomic E-state index is 10.5. The van der Waals surface area contributed by atoms with Crippen LogP contribution in [0, 0.1) is 6.92 Å². The van der Waals surface area contributed by atoms with Crippen LogP contribution in [0.25, 0.3) is 10.6 Å². The fourth-order valence-corrected chi connectivity index (χ4v) is 2.05. The molecule has 0 aliphatic rings. The molecule has 0 unspecified atom stereocenters. The summed E-state index contributed by atoms with van der Waals surface area (Å²) in [6, 6.07) is 7.36. The zero-order valence-electron chi connectivity index (χ0n) is 8.67. The third kappa shape index (κ3) is 2.43. The molecule has 82 valence electrons. The Kier molecular flexibility index (Phi) is 2.96. The Balaban J connectivity index is 2.22. The van der Waals surface area contributed by atoms with Crippen LogP contribution in [0.5, 0.6) is 0 Å². The van der Waals surface area contributed by atoms with Crippen molar-refractivity contribution in [3.8, 4) is 10.6 Å². The summed E-state index contributed by atoms with van der Waals surface area (Å²) in [4.78, 5) is 10.5. The van der Waals surface area contributed by atoms with Gasteiger partial charge in [-0.25, -0.2) is 0 Å². The van der Waals surface area contributed by atoms with Gasteiger partial charge in [0.2, 0.25) is 0 Å². The van der Waals surface area contributed by atoms with E-state index in [4.69, 9.17) is 5.11 Å². The van der Waals surface area contributed by atoms with Crippen molar-refractivity contribution in [1.29, 1.82) is 0 Å². The fraction of sp³-hybridized carbons (Fsp3) is 0.182. The lowest BCUT2D eigenvalue weighted by Crippen LogP contribution is -1.99. The third-order valence-electron chi connectivity index (χ3n) is 2.08. The van der Waals surface area contributed by atoms with Crippen LogP contribution >= 0.6 is 11.3 Å². The minimum atomic E-state index is -0.820. The Hall–Kier alpha value is -1.75. The van der Waals surface area contributed by atoms with Crippen LogP contribution in [0.15, 0.2) is 24.3 Å². The average Bonchev–Trinajstić information content (AvgIpc) is 2.65. The molecule has 0 spiro atoms. The number of hydrogen-bond acceptors (Lipinski definition) is 4. The van der Waals surface area contributed by atoms with Gasteiger partial charge in [0.1, 0.15) is 10.0 Å². The first-order chi connectivity index (χ1) is 7.65. The number of benzene rings is 1. The molecular formula is C11H10N2O2S. The number of aliphatic carboxylic acids is 1. The average molecular weight is 234 g/mol. The predicted octanol–water partition coefficient (Wildman–Crippen LogP) is 2.14. The lowest BCUT2D eigenvalue weighted by Gasteiger charge is -1.98. The highest BCUT2D eigenvalue weighted by Crippen LogP contribution is 2.23. The SMILES string of the molecule is Cc1nnc(-c2ccc(CC(=O)O)cc2)s1. The van der Waals surface area contributed by atoms with E-state index in [0.717, 1.165) is 21.1 Å². The summed E-state index contributed by atoms with van der Waals surface area (Å²) in [5.74, 6) is -0.820. The van der Waals surface area contributed by atoms with E-state index in [9.17, 15) is 4.79 Å². The number of nitrogens with zero attached hydrogens (tertiary/aromatic N) is 2. The van der Waals surface area contributed by atoms with Gasteiger partial charge in [0.05, 0.1) is 6.42 Å². The molecule has 5 heteroatoms. The molecule has 0 aliphatic carbocycles. The number of aromatic nitrogens is 2. The van der Waals surface area contributed by atoms with Crippen molar-refractivity contribution in [2.24, 2.45) is 0 Å². The van der Waals surface area contributed by atoms with Crippen molar-refractivity contribution in [1.82, 2.24) is 10.2 Å². The number of carboxylic acids is 1. The van der Waals surface area contributed by atoms with Crippen LogP contribution in [0.1, 0.15) is 10.6 Å². The largest absolute Gasteiger partial charge is 0.481 e. The monoisotopic (exact) mass is 234 g/mol. The molecule has 1 aromatic carbocycles. The zero-order chi connectivity index (χ0) is 11.5. The van der Waals surface area contributed by atoms with E-state index in [-0.39, 0.29) is 6.42 Å². The quantitative estimate of drug-likeness (QED) is 0.883. The molecule has 4 nitrogen and oxygen atoms in total. The standard InChI is InChI=1S/C11H10N2O2S/c1-7-12-13-11(16-7)9-4-2-8(3-5-9)6-10(14)15/h2-5H,6H2,1H3,(H,14,15). The van der Waals surface area contributed by atoms with Crippen LogP contribution in [0.2, 0.25) is 0 Å². The highest BCUT2D eigenvalue weighted by Gasteiger charge is 2.05. The highest BCUT2D eigenvalue weighted by atomic mass is 32.1. The number of carbonyl (C=O) groups is 1. The van der Waals surface area contributed by atoms with Crippen LogP contribution in [-0.4, -0.2) is 21.3 Å². The van der Waals surface area contributed by atoms with E-state index < -0.39 is 5.97 Å². The van der Waals surface area contributed by atoms with Gasteiger partial charge in [-0.1, -0.05) is 35.6 Å². The highest BCUT2D eigenvalue weighted by molar-refractivity contribution is 7.14. The molecule has 0 amide bonds. The van der Waals surface area contributed by atoms with Crippen molar-refractivity contribution >= 4 is 17.3 Å². The van der Waals surface area contributed by atoms with E-state index in [1.807, 2.05) is 19.1 Å². The van der Waals surface area contributed by atoms with Gasteiger partial charge in [0.15, 0.2) is 0 Å². The fourth-order valence-electron chi connectivity index (χ4n) is 1.35. The molecule has 0 aliphatic heterocycles. The lowest BCUT2D eigenvalue weighted by molar-refractivity contribution is -0.136. The topological polar surface area (TPSA) is 63.1 Å². The van der Waals surface area contributed by atoms with E-state index >= 15 is 0 Å². The van der Waals surface area contributed by atoms with E-state index in [1.165, 1.54) is 11.3 Å². The van der Waals surface area contributed by atoms with Gasteiger partial charge in [-0.2, -0.15) is 0 Å².